The van der Waals surface area contributed by atoms with Gasteiger partial charge < -0.3 is 28.8 Å². The monoisotopic (exact) mass is 996 g/mol. The third-order valence-corrected chi connectivity index (χ3v) is 17.8. The molecule has 0 saturated heterocycles. The number of carbonyl (C=O) groups is 4. The fourth-order valence-corrected chi connectivity index (χ4v) is 14.2. The molecule has 2 bridgehead atoms. The number of fused-ring (bicyclic) bond motifs is 5. The molecule has 0 aliphatic heterocycles. The first-order valence-corrected chi connectivity index (χ1v) is 27.9. The van der Waals surface area contributed by atoms with Crippen molar-refractivity contribution in [3.8, 4) is 6.07 Å². The van der Waals surface area contributed by atoms with Crippen LogP contribution in [0.3, 0.4) is 0 Å². The van der Waals surface area contributed by atoms with Crippen LogP contribution in [0.4, 0.5) is 0 Å². The molecule has 67 heavy (non-hydrogen) atoms. The number of hydrogen-bond acceptors (Lipinski definition) is 13. The van der Waals surface area contributed by atoms with Crippen molar-refractivity contribution in [2.24, 2.45) is 50.7 Å². The first-order chi connectivity index (χ1) is 31.4. The molecule has 0 amide bonds. The fourth-order valence-electron chi connectivity index (χ4n) is 11.8. The summed E-state index contributed by atoms with van der Waals surface area (Å²) in [4.78, 5) is 57.9. The lowest BCUT2D eigenvalue weighted by atomic mass is 9.60. The molecule has 11 nitrogen and oxygen atoms in total. The molecule has 0 aromatic rings. The molecule has 1 N–H and O–H groups in total. The average molecular weight is 996 g/mol. The van der Waals surface area contributed by atoms with Gasteiger partial charge in [-0.2, -0.15) is 5.26 Å². The maximum absolute atomic E-state index is 15.2. The molecule has 0 spiro atoms. The lowest BCUT2D eigenvalue weighted by Gasteiger charge is -2.44. The molecule has 0 aromatic carbocycles. The third-order valence-electron chi connectivity index (χ3n) is 14.6. The van der Waals surface area contributed by atoms with Crippen LogP contribution in [-0.4, -0.2) is 89.3 Å². The number of esters is 3. The SMILES string of the molecule is CCCCCCCCCCCCSC(=S)SCC(C)(CC(C)(CC(C)(CC(C)(CC(C)(C)C#N)C(=O)O)C(=O)OC1CC2CC1C1CCCC21)C(=O)OCCOCCOC)C(=O)OC(C)(C)C. The highest BCUT2D eigenvalue weighted by atomic mass is 32.2. The number of thioether (sulfide) groups is 2. The van der Waals surface area contributed by atoms with E-state index in [2.05, 4.69) is 13.0 Å². The van der Waals surface area contributed by atoms with E-state index in [1.807, 2.05) is 0 Å². The largest absolute Gasteiger partial charge is 0.481 e. The second-order valence-corrected chi connectivity index (χ2v) is 26.4. The van der Waals surface area contributed by atoms with Crippen molar-refractivity contribution in [2.75, 3.05) is 45.0 Å². The summed E-state index contributed by atoms with van der Waals surface area (Å²) in [7, 11) is 1.57. The molecular weight excluding hydrogens is 907 g/mol. The van der Waals surface area contributed by atoms with Crippen molar-refractivity contribution < 1.29 is 48.0 Å². The predicted molar refractivity (Wildman–Crippen MR) is 274 cm³/mol. The number of nitriles is 1. The minimum absolute atomic E-state index is 0.0486. The summed E-state index contributed by atoms with van der Waals surface area (Å²) in [6.07, 6.45) is 16.9. The number of carboxylic acid groups (broad SMARTS) is 1. The Morgan fingerprint density at radius 3 is 1.84 bits per heavy atom. The Bertz CT molecular complexity index is 1660. The minimum Gasteiger partial charge on any atom is -0.481 e. The van der Waals surface area contributed by atoms with Gasteiger partial charge in [0.25, 0.3) is 0 Å². The van der Waals surface area contributed by atoms with E-state index in [9.17, 15) is 24.8 Å². The lowest BCUT2D eigenvalue weighted by Crippen LogP contribution is -2.50. The van der Waals surface area contributed by atoms with Gasteiger partial charge in [0.15, 0.2) is 0 Å². The van der Waals surface area contributed by atoms with Gasteiger partial charge in [0.2, 0.25) is 0 Å². The standard InChI is InChI=1S/C53H89NO10S3/c1-12-13-14-15-16-17-18-19-20-21-29-66-47(65)67-37-53(10,46(59)64-48(2,3)4)35-51(8,44(57)62-28-27-61-26-25-60-11)34-52(9,33-50(7,43(55)56)32-49(5,6)36-54)45(58)63-42-31-38-30-41(42)40-24-22-23-39(38)40/h38-42H,12-35,37H2,1-11H3,(H,55,56). The summed E-state index contributed by atoms with van der Waals surface area (Å²) >= 11 is 8.88. The van der Waals surface area contributed by atoms with Gasteiger partial charge in [0.1, 0.15) is 21.8 Å². The van der Waals surface area contributed by atoms with Crippen molar-refractivity contribution in [1.82, 2.24) is 0 Å². The first-order valence-electron chi connectivity index (χ1n) is 25.5. The van der Waals surface area contributed by atoms with Gasteiger partial charge in [-0.05, 0) is 150 Å². The Labute approximate surface area is 419 Å². The van der Waals surface area contributed by atoms with Crippen LogP contribution in [0, 0.1) is 62.1 Å². The number of unbranched alkanes of at least 4 members (excludes halogenated alkanes) is 9. The van der Waals surface area contributed by atoms with E-state index in [0.717, 1.165) is 37.9 Å². The number of carboxylic acids is 1. The Morgan fingerprint density at radius 1 is 0.672 bits per heavy atom. The maximum Gasteiger partial charge on any atom is 0.313 e. The molecule has 384 valence electrons. The number of ether oxygens (including phenoxy) is 5. The second-order valence-electron chi connectivity index (χ2n) is 23.2. The number of thiocarbonyl (C=S) groups is 1. The van der Waals surface area contributed by atoms with Crippen LogP contribution in [0.2, 0.25) is 0 Å². The van der Waals surface area contributed by atoms with Crippen LogP contribution in [0.5, 0.6) is 0 Å². The van der Waals surface area contributed by atoms with E-state index in [1.165, 1.54) is 76.0 Å². The van der Waals surface area contributed by atoms with E-state index >= 15 is 4.79 Å². The van der Waals surface area contributed by atoms with Gasteiger partial charge in [-0.25, -0.2) is 0 Å². The normalized spacial score (nSPS) is 23.8. The van der Waals surface area contributed by atoms with Gasteiger partial charge in [0.05, 0.1) is 53.0 Å². The second kappa shape index (κ2) is 27.1. The molecule has 3 aliphatic rings. The zero-order valence-electron chi connectivity index (χ0n) is 43.4. The topological polar surface area (TPSA) is 158 Å². The van der Waals surface area contributed by atoms with Crippen molar-refractivity contribution in [3.63, 3.8) is 0 Å². The van der Waals surface area contributed by atoms with Crippen LogP contribution in [0.15, 0.2) is 0 Å². The Morgan fingerprint density at radius 2 is 1.24 bits per heavy atom. The van der Waals surface area contributed by atoms with E-state index in [0.29, 0.717) is 34.5 Å². The van der Waals surface area contributed by atoms with Crippen LogP contribution in [-0.2, 0) is 42.9 Å². The third kappa shape index (κ3) is 18.6. The molecule has 9 unspecified atom stereocenters. The van der Waals surface area contributed by atoms with E-state index in [-0.39, 0.29) is 56.7 Å². The molecule has 3 fully saturated rings. The molecule has 3 rings (SSSR count). The van der Waals surface area contributed by atoms with Crippen LogP contribution in [0.25, 0.3) is 0 Å². The molecule has 0 aromatic heterocycles. The lowest BCUT2D eigenvalue weighted by molar-refractivity contribution is -0.178. The van der Waals surface area contributed by atoms with Crippen molar-refractivity contribution in [3.05, 3.63) is 0 Å². The predicted octanol–water partition coefficient (Wildman–Crippen LogP) is 12.8. The van der Waals surface area contributed by atoms with Gasteiger partial charge in [-0.3, -0.25) is 19.2 Å². The molecule has 14 heteroatoms. The highest BCUT2D eigenvalue weighted by molar-refractivity contribution is 8.47. The average Bonchev–Trinajstić information content (AvgIpc) is 3.98. The molecule has 3 saturated carbocycles. The van der Waals surface area contributed by atoms with Crippen molar-refractivity contribution in [2.45, 2.75) is 203 Å². The molecular formula is C53H89NO10S3. The van der Waals surface area contributed by atoms with E-state index < -0.39 is 56.6 Å². The zero-order chi connectivity index (χ0) is 50.1. The summed E-state index contributed by atoms with van der Waals surface area (Å²) in [6, 6.07) is 2.25. The number of rotatable bonds is 32. The van der Waals surface area contributed by atoms with Crippen LogP contribution >= 0.6 is 35.7 Å². The van der Waals surface area contributed by atoms with Crippen molar-refractivity contribution >= 4 is 63.1 Å². The first kappa shape index (κ1) is 59.4. The molecule has 0 radical (unpaired) electrons. The van der Waals surface area contributed by atoms with Gasteiger partial charge in [-0.15, -0.1) is 23.5 Å². The highest BCUT2D eigenvalue weighted by Crippen LogP contribution is 2.60. The molecule has 0 heterocycles. The molecule has 3 aliphatic carbocycles. The zero-order valence-corrected chi connectivity index (χ0v) is 45.8. The van der Waals surface area contributed by atoms with Gasteiger partial charge in [0, 0.05) is 12.9 Å². The quantitative estimate of drug-likeness (QED) is 0.0294. The van der Waals surface area contributed by atoms with Gasteiger partial charge >= 0.3 is 23.9 Å². The Balaban J connectivity index is 1.97. The summed E-state index contributed by atoms with van der Waals surface area (Å²) in [5.41, 5.74) is -7.89. The van der Waals surface area contributed by atoms with E-state index in [1.54, 1.807) is 81.2 Å². The molecule has 9 atom stereocenters. The number of methoxy groups -OCH3 is 1. The number of hydrogen-bond donors (Lipinski definition) is 1. The smallest absolute Gasteiger partial charge is 0.313 e. The Kier molecular flexibility index (Phi) is 24.0. The number of nitrogens with zero attached hydrogens (tertiary/aromatic N) is 1. The van der Waals surface area contributed by atoms with Gasteiger partial charge in [-0.1, -0.05) is 83.3 Å². The highest BCUT2D eigenvalue weighted by Gasteiger charge is 2.59. The number of carbonyl (C=O) groups excluding carboxylic acids is 3. The summed E-state index contributed by atoms with van der Waals surface area (Å²) in [5, 5.41) is 21.0. The number of aliphatic carboxylic acids is 1. The van der Waals surface area contributed by atoms with Crippen LogP contribution in [0.1, 0.15) is 191 Å². The summed E-state index contributed by atoms with van der Waals surface area (Å²) in [6.45, 7) is 18.5. The Hall–Kier alpha value is -1.92. The summed E-state index contributed by atoms with van der Waals surface area (Å²) < 4.78 is 30.1. The fraction of sp³-hybridized carbons (Fsp3) is 0.887. The minimum atomic E-state index is -1.57. The van der Waals surface area contributed by atoms with Crippen LogP contribution < -0.4 is 0 Å². The van der Waals surface area contributed by atoms with E-state index in [4.69, 9.17) is 35.9 Å². The maximum atomic E-state index is 15.2. The summed E-state index contributed by atoms with van der Waals surface area (Å²) in [5.74, 6) is 0.124. The van der Waals surface area contributed by atoms with Crippen molar-refractivity contribution in [1.29, 1.82) is 5.26 Å².